The second-order valence-electron chi connectivity index (χ2n) is 6.09. The zero-order valence-electron chi connectivity index (χ0n) is 12.8. The Labute approximate surface area is 127 Å². The van der Waals surface area contributed by atoms with Crippen LogP contribution in [0.4, 0.5) is 5.69 Å². The maximum atomic E-state index is 12.8. The van der Waals surface area contributed by atoms with Gasteiger partial charge in [0.2, 0.25) is 0 Å². The number of carbonyl (C=O) groups excluding carboxylic acids is 1. The molecular formula is C17H25N3O. The number of piperidine rings is 1. The predicted octanol–water partition coefficient (Wildman–Crippen LogP) is 2.43. The van der Waals surface area contributed by atoms with E-state index in [4.69, 9.17) is 0 Å². The molecule has 1 amide bonds. The van der Waals surface area contributed by atoms with Crippen molar-refractivity contribution in [1.82, 2.24) is 9.80 Å². The highest BCUT2D eigenvalue weighted by Crippen LogP contribution is 2.23. The van der Waals surface area contributed by atoms with Crippen LogP contribution < -0.4 is 5.32 Å². The van der Waals surface area contributed by atoms with Gasteiger partial charge < -0.3 is 10.2 Å². The number of carbonyl (C=O) groups is 1. The zero-order valence-corrected chi connectivity index (χ0v) is 12.8. The topological polar surface area (TPSA) is 35.6 Å². The van der Waals surface area contributed by atoms with Crippen LogP contribution in [0.15, 0.2) is 24.3 Å². The monoisotopic (exact) mass is 287 g/mol. The average molecular weight is 287 g/mol. The van der Waals surface area contributed by atoms with Crippen LogP contribution in [-0.2, 0) is 0 Å². The van der Waals surface area contributed by atoms with Crippen LogP contribution in [0.2, 0.25) is 0 Å². The molecule has 2 saturated heterocycles. The number of likely N-dealkylation sites (tertiary alicyclic amines) is 2. The summed E-state index contributed by atoms with van der Waals surface area (Å²) >= 11 is 0. The summed E-state index contributed by atoms with van der Waals surface area (Å²) in [6.07, 6.45) is 4.98. The minimum absolute atomic E-state index is 0.170. The van der Waals surface area contributed by atoms with E-state index in [0.717, 1.165) is 30.8 Å². The molecule has 4 nitrogen and oxygen atoms in total. The number of benzene rings is 1. The third-order valence-corrected chi connectivity index (χ3v) is 4.77. The van der Waals surface area contributed by atoms with Gasteiger partial charge in [-0.2, -0.15) is 0 Å². The van der Waals surface area contributed by atoms with Crippen LogP contribution in [0.5, 0.6) is 0 Å². The van der Waals surface area contributed by atoms with Gasteiger partial charge in [0.15, 0.2) is 0 Å². The Balaban J connectivity index is 1.71. The van der Waals surface area contributed by atoms with Gasteiger partial charge in [0.25, 0.3) is 5.91 Å². The van der Waals surface area contributed by atoms with E-state index >= 15 is 0 Å². The molecule has 0 aliphatic carbocycles. The van der Waals surface area contributed by atoms with E-state index in [1.165, 1.54) is 32.4 Å². The fourth-order valence-corrected chi connectivity index (χ4v) is 3.60. The number of amides is 1. The quantitative estimate of drug-likeness (QED) is 0.927. The molecule has 2 aliphatic heterocycles. The van der Waals surface area contributed by atoms with Crippen molar-refractivity contribution in [2.75, 3.05) is 38.5 Å². The first-order valence-electron chi connectivity index (χ1n) is 8.09. The molecule has 2 heterocycles. The van der Waals surface area contributed by atoms with Gasteiger partial charge in [-0.15, -0.1) is 0 Å². The van der Waals surface area contributed by atoms with Crippen LogP contribution >= 0.6 is 0 Å². The van der Waals surface area contributed by atoms with E-state index in [0.29, 0.717) is 6.04 Å². The van der Waals surface area contributed by atoms with Crippen molar-refractivity contribution >= 4 is 11.6 Å². The van der Waals surface area contributed by atoms with Crippen LogP contribution in [0.25, 0.3) is 0 Å². The van der Waals surface area contributed by atoms with Crippen molar-refractivity contribution in [3.63, 3.8) is 0 Å². The molecule has 2 fully saturated rings. The summed E-state index contributed by atoms with van der Waals surface area (Å²) in [6, 6.07) is 8.36. The Morgan fingerprint density at radius 2 is 1.90 bits per heavy atom. The first-order chi connectivity index (χ1) is 10.3. The molecule has 3 rings (SSSR count). The lowest BCUT2D eigenvalue weighted by atomic mass is 10.0. The summed E-state index contributed by atoms with van der Waals surface area (Å²) in [4.78, 5) is 17.4. The Kier molecular flexibility index (Phi) is 4.44. The summed E-state index contributed by atoms with van der Waals surface area (Å²) in [5.41, 5.74) is 1.72. The normalized spacial score (nSPS) is 23.3. The van der Waals surface area contributed by atoms with Gasteiger partial charge in [-0.3, -0.25) is 9.69 Å². The zero-order chi connectivity index (χ0) is 14.7. The Morgan fingerprint density at radius 3 is 2.67 bits per heavy atom. The minimum Gasteiger partial charge on any atom is -0.387 e. The maximum absolute atomic E-state index is 12.8. The molecule has 0 saturated carbocycles. The number of para-hydroxylation sites is 1. The summed E-state index contributed by atoms with van der Waals surface area (Å²) in [6.45, 7) is 4.19. The number of nitrogens with one attached hydrogen (secondary N) is 1. The average Bonchev–Trinajstić information content (AvgIpc) is 3.09. The highest BCUT2D eigenvalue weighted by molar-refractivity contribution is 5.99. The van der Waals surface area contributed by atoms with E-state index in [1.54, 1.807) is 0 Å². The van der Waals surface area contributed by atoms with Gasteiger partial charge in [-0.05, 0) is 50.9 Å². The SMILES string of the molecule is CNc1ccccc1C(=O)N1CCCC(N2CCCC2)C1. The molecule has 1 atom stereocenters. The number of nitrogens with zero attached hydrogens (tertiary/aromatic N) is 2. The largest absolute Gasteiger partial charge is 0.387 e. The highest BCUT2D eigenvalue weighted by atomic mass is 16.2. The van der Waals surface area contributed by atoms with E-state index in [-0.39, 0.29) is 5.91 Å². The standard InChI is InChI=1S/C17H25N3O/c1-18-16-9-3-2-8-15(16)17(21)20-12-6-7-14(13-20)19-10-4-5-11-19/h2-3,8-9,14,18H,4-7,10-13H2,1H3. The lowest BCUT2D eigenvalue weighted by Gasteiger charge is -2.37. The minimum atomic E-state index is 0.170. The second kappa shape index (κ2) is 6.48. The molecule has 0 aromatic heterocycles. The summed E-state index contributed by atoms with van der Waals surface area (Å²) in [5, 5.41) is 3.12. The third-order valence-electron chi connectivity index (χ3n) is 4.77. The Hall–Kier alpha value is -1.55. The molecule has 0 spiro atoms. The van der Waals surface area contributed by atoms with Gasteiger partial charge in [0, 0.05) is 31.9 Å². The van der Waals surface area contributed by atoms with Crippen molar-refractivity contribution in [1.29, 1.82) is 0 Å². The Bertz CT molecular complexity index is 497. The van der Waals surface area contributed by atoms with Gasteiger partial charge in [-0.1, -0.05) is 12.1 Å². The summed E-state index contributed by atoms with van der Waals surface area (Å²) in [5.74, 6) is 0.170. The second-order valence-corrected chi connectivity index (χ2v) is 6.09. The maximum Gasteiger partial charge on any atom is 0.256 e. The van der Waals surface area contributed by atoms with E-state index < -0.39 is 0 Å². The fourth-order valence-electron chi connectivity index (χ4n) is 3.60. The first-order valence-corrected chi connectivity index (χ1v) is 8.09. The third kappa shape index (κ3) is 3.05. The lowest BCUT2D eigenvalue weighted by molar-refractivity contribution is 0.0609. The van der Waals surface area contributed by atoms with Crippen molar-refractivity contribution in [3.05, 3.63) is 29.8 Å². The number of rotatable bonds is 3. The van der Waals surface area contributed by atoms with E-state index in [2.05, 4.69) is 10.2 Å². The summed E-state index contributed by atoms with van der Waals surface area (Å²) < 4.78 is 0. The number of anilines is 1. The van der Waals surface area contributed by atoms with Crippen molar-refractivity contribution in [2.24, 2.45) is 0 Å². The molecule has 1 aromatic carbocycles. The van der Waals surface area contributed by atoms with Gasteiger partial charge in [0.1, 0.15) is 0 Å². The van der Waals surface area contributed by atoms with Crippen LogP contribution in [-0.4, -0.2) is 55.0 Å². The van der Waals surface area contributed by atoms with Crippen molar-refractivity contribution in [2.45, 2.75) is 31.7 Å². The first kappa shape index (κ1) is 14.4. The van der Waals surface area contributed by atoms with Crippen LogP contribution in [0, 0.1) is 0 Å². The van der Waals surface area contributed by atoms with Gasteiger partial charge in [-0.25, -0.2) is 0 Å². The van der Waals surface area contributed by atoms with Crippen molar-refractivity contribution < 1.29 is 4.79 Å². The highest BCUT2D eigenvalue weighted by Gasteiger charge is 2.30. The molecule has 1 N–H and O–H groups in total. The van der Waals surface area contributed by atoms with Crippen LogP contribution in [0.1, 0.15) is 36.0 Å². The van der Waals surface area contributed by atoms with Crippen LogP contribution in [0.3, 0.4) is 0 Å². The van der Waals surface area contributed by atoms with Crippen molar-refractivity contribution in [3.8, 4) is 0 Å². The molecule has 0 radical (unpaired) electrons. The number of hydrogen-bond acceptors (Lipinski definition) is 3. The lowest BCUT2D eigenvalue weighted by Crippen LogP contribution is -2.49. The molecule has 1 unspecified atom stereocenters. The molecular weight excluding hydrogens is 262 g/mol. The fraction of sp³-hybridized carbons (Fsp3) is 0.588. The molecule has 0 bridgehead atoms. The molecule has 4 heteroatoms. The molecule has 21 heavy (non-hydrogen) atoms. The summed E-state index contributed by atoms with van der Waals surface area (Å²) in [7, 11) is 1.87. The van der Waals surface area contributed by atoms with E-state index in [1.807, 2.05) is 36.2 Å². The molecule has 2 aliphatic rings. The molecule has 114 valence electrons. The predicted molar refractivity (Wildman–Crippen MR) is 85.7 cm³/mol. The van der Waals surface area contributed by atoms with E-state index in [9.17, 15) is 4.79 Å². The molecule has 1 aromatic rings. The number of hydrogen-bond donors (Lipinski definition) is 1. The van der Waals surface area contributed by atoms with Gasteiger partial charge >= 0.3 is 0 Å². The smallest absolute Gasteiger partial charge is 0.256 e. The Morgan fingerprint density at radius 1 is 1.14 bits per heavy atom. The van der Waals surface area contributed by atoms with Gasteiger partial charge in [0.05, 0.1) is 5.56 Å².